The second-order valence-corrected chi connectivity index (χ2v) is 9.39. The van der Waals surface area contributed by atoms with Crippen molar-refractivity contribution < 1.29 is 19.8 Å². The Morgan fingerprint density at radius 1 is 1.03 bits per heavy atom. The Kier molecular flexibility index (Phi) is 9.49. The number of rotatable bonds is 13. The van der Waals surface area contributed by atoms with E-state index >= 15 is 0 Å². The molecule has 0 aliphatic carbocycles. The number of amides is 1. The van der Waals surface area contributed by atoms with Gasteiger partial charge in [0.25, 0.3) is 0 Å². The van der Waals surface area contributed by atoms with Crippen molar-refractivity contribution in [2.75, 3.05) is 6.54 Å². The van der Waals surface area contributed by atoms with Crippen LogP contribution in [-0.2, 0) is 17.6 Å². The second kappa shape index (κ2) is 12.5. The summed E-state index contributed by atoms with van der Waals surface area (Å²) in [5, 5.41) is 19.8. The van der Waals surface area contributed by atoms with Gasteiger partial charge in [-0.15, -0.1) is 0 Å². The third-order valence-corrected chi connectivity index (χ3v) is 6.91. The van der Waals surface area contributed by atoms with Crippen LogP contribution in [0.25, 0.3) is 0 Å². The number of benzene rings is 2. The predicted octanol–water partition coefficient (Wildman–Crippen LogP) is 5.11. The summed E-state index contributed by atoms with van der Waals surface area (Å²) in [6, 6.07) is 17.7. The maximum Gasteiger partial charge on any atom is 0.335 e. The molecule has 0 unspecified atom stereocenters. The Morgan fingerprint density at radius 3 is 2.52 bits per heavy atom. The Balaban J connectivity index is 1.39. The van der Waals surface area contributed by atoms with Gasteiger partial charge < -0.3 is 15.1 Å². The quantitative estimate of drug-likeness (QED) is 0.444. The SMILES string of the molecule is C[C@@H](CCCc1ccccc1)[C@H](O)CC[C@H]1CCC(=O)N1CCCc1cccc(C(=O)O)c1. The lowest BCUT2D eigenvalue weighted by molar-refractivity contribution is -0.129. The molecule has 0 radical (unpaired) electrons. The number of aromatic carboxylic acids is 1. The predicted molar refractivity (Wildman–Crippen MR) is 130 cm³/mol. The zero-order valence-corrected chi connectivity index (χ0v) is 19.7. The van der Waals surface area contributed by atoms with Crippen LogP contribution in [0.4, 0.5) is 0 Å². The van der Waals surface area contributed by atoms with Crippen LogP contribution in [0.3, 0.4) is 0 Å². The van der Waals surface area contributed by atoms with Gasteiger partial charge in [-0.05, 0) is 80.5 Å². The van der Waals surface area contributed by atoms with Crippen LogP contribution in [0.5, 0.6) is 0 Å². The van der Waals surface area contributed by atoms with Crippen LogP contribution in [0.15, 0.2) is 54.6 Å². The molecule has 3 atom stereocenters. The van der Waals surface area contributed by atoms with E-state index in [9.17, 15) is 14.7 Å². The molecule has 5 nitrogen and oxygen atoms in total. The molecule has 1 aliphatic rings. The van der Waals surface area contributed by atoms with Gasteiger partial charge in [0.15, 0.2) is 0 Å². The van der Waals surface area contributed by atoms with Gasteiger partial charge in [0.1, 0.15) is 0 Å². The molecule has 3 rings (SSSR count). The standard InChI is InChI=1S/C28H37NO4/c1-21(8-5-11-22-9-3-2-4-10-22)26(30)17-15-25-16-18-27(31)29(25)19-7-13-23-12-6-14-24(20-23)28(32)33/h2-4,6,9-10,12,14,20-21,25-26,30H,5,7-8,11,13,15-19H2,1H3,(H,32,33)/t21-,25-,26+/m0/s1. The van der Waals surface area contributed by atoms with Crippen molar-refractivity contribution in [2.45, 2.75) is 76.9 Å². The van der Waals surface area contributed by atoms with E-state index in [1.807, 2.05) is 17.0 Å². The maximum atomic E-state index is 12.4. The fraction of sp³-hybridized carbons (Fsp3) is 0.500. The average Bonchev–Trinajstić information content (AvgIpc) is 3.17. The summed E-state index contributed by atoms with van der Waals surface area (Å²) in [6.45, 7) is 2.81. The van der Waals surface area contributed by atoms with E-state index in [2.05, 4.69) is 31.2 Å². The molecule has 1 aliphatic heterocycles. The first-order valence-electron chi connectivity index (χ1n) is 12.3. The number of hydrogen-bond acceptors (Lipinski definition) is 3. The lowest BCUT2D eigenvalue weighted by Gasteiger charge is -2.27. The Labute approximate surface area is 197 Å². The minimum atomic E-state index is -0.917. The number of hydrogen-bond donors (Lipinski definition) is 2. The molecule has 1 amide bonds. The van der Waals surface area contributed by atoms with Crippen molar-refractivity contribution in [1.29, 1.82) is 0 Å². The summed E-state index contributed by atoms with van der Waals surface area (Å²) in [4.78, 5) is 25.5. The highest BCUT2D eigenvalue weighted by Gasteiger charge is 2.31. The van der Waals surface area contributed by atoms with E-state index < -0.39 is 5.97 Å². The van der Waals surface area contributed by atoms with Gasteiger partial charge in [0, 0.05) is 19.0 Å². The topological polar surface area (TPSA) is 77.8 Å². The minimum Gasteiger partial charge on any atom is -0.478 e. The van der Waals surface area contributed by atoms with Crippen molar-refractivity contribution in [1.82, 2.24) is 4.90 Å². The molecule has 5 heteroatoms. The van der Waals surface area contributed by atoms with Crippen LogP contribution in [0, 0.1) is 5.92 Å². The number of aliphatic hydroxyl groups excluding tert-OH is 1. The first-order chi connectivity index (χ1) is 15.9. The van der Waals surface area contributed by atoms with Crippen LogP contribution < -0.4 is 0 Å². The molecule has 0 bridgehead atoms. The summed E-state index contributed by atoms with van der Waals surface area (Å²) in [5.41, 5.74) is 2.63. The lowest BCUT2D eigenvalue weighted by atomic mass is 9.92. The number of carboxylic acids is 1. The smallest absolute Gasteiger partial charge is 0.335 e. The zero-order valence-electron chi connectivity index (χ0n) is 19.7. The van der Waals surface area contributed by atoms with E-state index in [1.54, 1.807) is 18.2 Å². The van der Waals surface area contributed by atoms with Crippen molar-refractivity contribution in [2.24, 2.45) is 5.92 Å². The molecule has 178 valence electrons. The summed E-state index contributed by atoms with van der Waals surface area (Å²) < 4.78 is 0. The number of aryl methyl sites for hydroxylation is 2. The first kappa shape index (κ1) is 25.0. The van der Waals surface area contributed by atoms with Crippen molar-refractivity contribution >= 4 is 11.9 Å². The third kappa shape index (κ3) is 7.71. The highest BCUT2D eigenvalue weighted by molar-refractivity contribution is 5.87. The number of nitrogens with zero attached hydrogens (tertiary/aromatic N) is 1. The second-order valence-electron chi connectivity index (χ2n) is 9.39. The molecular formula is C28H37NO4. The van der Waals surface area contributed by atoms with Gasteiger partial charge in [0.2, 0.25) is 5.91 Å². The average molecular weight is 452 g/mol. The number of likely N-dealkylation sites (tertiary alicyclic amines) is 1. The van der Waals surface area contributed by atoms with E-state index in [0.29, 0.717) is 18.5 Å². The lowest BCUT2D eigenvalue weighted by Crippen LogP contribution is -2.35. The van der Waals surface area contributed by atoms with Crippen LogP contribution >= 0.6 is 0 Å². The van der Waals surface area contributed by atoms with Crippen LogP contribution in [0.2, 0.25) is 0 Å². The largest absolute Gasteiger partial charge is 0.478 e. The van der Waals surface area contributed by atoms with E-state index in [4.69, 9.17) is 5.11 Å². The fourth-order valence-electron chi connectivity index (χ4n) is 4.83. The molecule has 0 spiro atoms. The number of carbonyl (C=O) groups is 2. The number of carbonyl (C=O) groups excluding carboxylic acids is 1. The number of aliphatic hydroxyl groups is 1. The van der Waals surface area contributed by atoms with Crippen LogP contribution in [0.1, 0.15) is 73.4 Å². The molecule has 0 aromatic heterocycles. The first-order valence-corrected chi connectivity index (χ1v) is 12.3. The Hall–Kier alpha value is -2.66. The maximum absolute atomic E-state index is 12.4. The normalized spacial score (nSPS) is 17.8. The van der Waals surface area contributed by atoms with Gasteiger partial charge in [0.05, 0.1) is 11.7 Å². The molecule has 1 fully saturated rings. The molecule has 1 saturated heterocycles. The summed E-state index contributed by atoms with van der Waals surface area (Å²) in [6.07, 6.45) is 7.34. The zero-order chi connectivity index (χ0) is 23.6. The summed E-state index contributed by atoms with van der Waals surface area (Å²) in [7, 11) is 0. The van der Waals surface area contributed by atoms with E-state index in [0.717, 1.165) is 56.9 Å². The van der Waals surface area contributed by atoms with Crippen molar-refractivity contribution in [3.63, 3.8) is 0 Å². The van der Waals surface area contributed by atoms with Crippen LogP contribution in [-0.4, -0.2) is 45.7 Å². The highest BCUT2D eigenvalue weighted by Crippen LogP contribution is 2.26. The molecule has 33 heavy (non-hydrogen) atoms. The third-order valence-electron chi connectivity index (χ3n) is 6.91. The molecule has 2 N–H and O–H groups in total. The molecule has 2 aromatic rings. The highest BCUT2D eigenvalue weighted by atomic mass is 16.4. The molecule has 2 aromatic carbocycles. The van der Waals surface area contributed by atoms with Gasteiger partial charge in [-0.2, -0.15) is 0 Å². The monoisotopic (exact) mass is 451 g/mol. The van der Waals surface area contributed by atoms with Gasteiger partial charge in [-0.1, -0.05) is 49.4 Å². The molecule has 0 saturated carbocycles. The summed E-state index contributed by atoms with van der Waals surface area (Å²) in [5.74, 6) is -0.468. The van der Waals surface area contributed by atoms with Gasteiger partial charge in [-0.25, -0.2) is 4.79 Å². The summed E-state index contributed by atoms with van der Waals surface area (Å²) >= 11 is 0. The minimum absolute atomic E-state index is 0.199. The fourth-order valence-corrected chi connectivity index (χ4v) is 4.83. The van der Waals surface area contributed by atoms with E-state index in [1.165, 1.54) is 5.56 Å². The Morgan fingerprint density at radius 2 is 1.76 bits per heavy atom. The number of carboxylic acid groups (broad SMARTS) is 1. The van der Waals surface area contributed by atoms with Gasteiger partial charge >= 0.3 is 5.97 Å². The van der Waals surface area contributed by atoms with Gasteiger partial charge in [-0.3, -0.25) is 4.79 Å². The molecule has 1 heterocycles. The van der Waals surface area contributed by atoms with E-state index in [-0.39, 0.29) is 24.0 Å². The van der Waals surface area contributed by atoms with Crippen molar-refractivity contribution in [3.05, 3.63) is 71.3 Å². The van der Waals surface area contributed by atoms with Crippen molar-refractivity contribution in [3.8, 4) is 0 Å². The Bertz CT molecular complexity index is 898. The molecular weight excluding hydrogens is 414 g/mol.